The third kappa shape index (κ3) is 5.33. The molecule has 4 nitrogen and oxygen atoms in total. The van der Waals surface area contributed by atoms with Crippen molar-refractivity contribution in [3.63, 3.8) is 0 Å². The molecular weight excluding hydrogens is 322 g/mol. The summed E-state index contributed by atoms with van der Waals surface area (Å²) in [5, 5.41) is 2.83. The van der Waals surface area contributed by atoms with E-state index in [1.54, 1.807) is 25.1 Å². The number of nitrogens with one attached hydrogen (secondary N) is 1. The average molecular weight is 342 g/mol. The van der Waals surface area contributed by atoms with Gasteiger partial charge < -0.3 is 10.1 Å². The molecule has 0 heterocycles. The average Bonchev–Trinajstić information content (AvgIpc) is 2.40. The van der Waals surface area contributed by atoms with Crippen LogP contribution in [0.2, 0.25) is 0 Å². The standard InChI is InChI=1S/C15H20BrNO3/c1-10(2)6-7-17-15(19)11(3)20-13-4-5-14(16)12(8-13)9-18/h4-5,8-11H,6-7H2,1-3H3,(H,17,19). The topological polar surface area (TPSA) is 55.4 Å². The molecule has 0 bridgehead atoms. The number of amides is 1. The van der Waals surface area contributed by atoms with Crippen LogP contribution in [0.5, 0.6) is 5.75 Å². The van der Waals surface area contributed by atoms with E-state index >= 15 is 0 Å². The zero-order valence-corrected chi connectivity index (χ0v) is 13.6. The highest BCUT2D eigenvalue weighted by atomic mass is 79.9. The molecule has 0 aliphatic rings. The van der Waals surface area contributed by atoms with Crippen LogP contribution in [-0.4, -0.2) is 24.8 Å². The Labute approximate surface area is 128 Å². The molecule has 0 aromatic heterocycles. The second-order valence-corrected chi connectivity index (χ2v) is 5.89. The van der Waals surface area contributed by atoms with Crippen LogP contribution >= 0.6 is 15.9 Å². The first-order valence-electron chi connectivity index (χ1n) is 6.63. The molecule has 0 fully saturated rings. The first-order chi connectivity index (χ1) is 9.43. The fourth-order valence-corrected chi connectivity index (χ4v) is 1.91. The van der Waals surface area contributed by atoms with Crippen molar-refractivity contribution < 1.29 is 14.3 Å². The SMILES string of the molecule is CC(C)CCNC(=O)C(C)Oc1ccc(Br)c(C=O)c1. The lowest BCUT2D eigenvalue weighted by atomic mass is 10.1. The van der Waals surface area contributed by atoms with Crippen LogP contribution < -0.4 is 10.1 Å². The van der Waals surface area contributed by atoms with Crippen LogP contribution in [0.25, 0.3) is 0 Å². The Morgan fingerprint density at radius 2 is 2.10 bits per heavy atom. The van der Waals surface area contributed by atoms with Gasteiger partial charge in [0.15, 0.2) is 12.4 Å². The zero-order valence-electron chi connectivity index (χ0n) is 12.0. The van der Waals surface area contributed by atoms with E-state index in [4.69, 9.17) is 4.74 Å². The number of benzene rings is 1. The van der Waals surface area contributed by atoms with E-state index in [1.807, 2.05) is 0 Å². The molecule has 1 N–H and O–H groups in total. The summed E-state index contributed by atoms with van der Waals surface area (Å²) < 4.78 is 6.24. The van der Waals surface area contributed by atoms with E-state index in [1.165, 1.54) is 0 Å². The first kappa shape index (κ1) is 16.7. The molecule has 1 unspecified atom stereocenters. The Balaban J connectivity index is 2.54. The van der Waals surface area contributed by atoms with E-state index in [0.29, 0.717) is 28.2 Å². The number of rotatable bonds is 7. The summed E-state index contributed by atoms with van der Waals surface area (Å²) in [6.45, 7) is 6.54. The maximum Gasteiger partial charge on any atom is 0.260 e. The summed E-state index contributed by atoms with van der Waals surface area (Å²) >= 11 is 3.27. The van der Waals surface area contributed by atoms with Gasteiger partial charge in [0.2, 0.25) is 0 Å². The lowest BCUT2D eigenvalue weighted by Crippen LogP contribution is -2.37. The summed E-state index contributed by atoms with van der Waals surface area (Å²) in [7, 11) is 0. The van der Waals surface area contributed by atoms with Crippen LogP contribution in [-0.2, 0) is 4.79 Å². The summed E-state index contributed by atoms with van der Waals surface area (Å²) in [5.74, 6) is 0.899. The van der Waals surface area contributed by atoms with Gasteiger partial charge in [-0.3, -0.25) is 9.59 Å². The second kappa shape index (κ2) is 8.04. The Hall–Kier alpha value is -1.36. The van der Waals surface area contributed by atoms with E-state index in [0.717, 1.165) is 12.7 Å². The molecule has 1 rings (SSSR count). The third-order valence-electron chi connectivity index (χ3n) is 2.80. The maximum absolute atomic E-state index is 11.8. The Bertz CT molecular complexity index is 474. The molecule has 1 atom stereocenters. The van der Waals surface area contributed by atoms with E-state index in [2.05, 4.69) is 35.1 Å². The summed E-state index contributed by atoms with van der Waals surface area (Å²) in [6, 6.07) is 5.05. The number of hydrogen-bond acceptors (Lipinski definition) is 3. The minimum atomic E-state index is -0.595. The van der Waals surface area contributed by atoms with Crippen LogP contribution in [0.3, 0.4) is 0 Å². The second-order valence-electron chi connectivity index (χ2n) is 5.03. The van der Waals surface area contributed by atoms with Gasteiger partial charge in [0, 0.05) is 16.6 Å². The fraction of sp³-hybridized carbons (Fsp3) is 0.467. The summed E-state index contributed by atoms with van der Waals surface area (Å²) in [6.07, 6.45) is 1.08. The predicted octanol–water partition coefficient (Wildman–Crippen LogP) is 3.19. The predicted molar refractivity (Wildman–Crippen MR) is 82.1 cm³/mol. The minimum absolute atomic E-state index is 0.152. The van der Waals surface area contributed by atoms with Crippen molar-refractivity contribution in [1.82, 2.24) is 5.32 Å². The van der Waals surface area contributed by atoms with Gasteiger partial charge in [-0.1, -0.05) is 29.8 Å². The van der Waals surface area contributed by atoms with Crippen LogP contribution in [0.4, 0.5) is 0 Å². The lowest BCUT2D eigenvalue weighted by molar-refractivity contribution is -0.127. The smallest absolute Gasteiger partial charge is 0.260 e. The van der Waals surface area contributed by atoms with E-state index in [9.17, 15) is 9.59 Å². The Morgan fingerprint density at radius 1 is 1.40 bits per heavy atom. The number of halogens is 1. The molecule has 20 heavy (non-hydrogen) atoms. The molecular formula is C15H20BrNO3. The molecule has 5 heteroatoms. The van der Waals surface area contributed by atoms with Crippen molar-refractivity contribution in [3.8, 4) is 5.75 Å². The molecule has 1 amide bonds. The van der Waals surface area contributed by atoms with E-state index < -0.39 is 6.10 Å². The molecule has 0 radical (unpaired) electrons. The van der Waals surface area contributed by atoms with Gasteiger partial charge in [-0.2, -0.15) is 0 Å². The fourth-order valence-electron chi connectivity index (χ4n) is 1.57. The van der Waals surface area contributed by atoms with Crippen molar-refractivity contribution >= 4 is 28.1 Å². The lowest BCUT2D eigenvalue weighted by Gasteiger charge is -2.15. The number of ether oxygens (including phenoxy) is 1. The highest BCUT2D eigenvalue weighted by molar-refractivity contribution is 9.10. The highest BCUT2D eigenvalue weighted by Gasteiger charge is 2.14. The molecule has 0 aliphatic carbocycles. The quantitative estimate of drug-likeness (QED) is 0.775. The molecule has 1 aromatic rings. The van der Waals surface area contributed by atoms with Gasteiger partial charge in [-0.15, -0.1) is 0 Å². The van der Waals surface area contributed by atoms with Crippen molar-refractivity contribution in [2.45, 2.75) is 33.3 Å². The molecule has 0 saturated carbocycles. The monoisotopic (exact) mass is 341 g/mol. The third-order valence-corrected chi connectivity index (χ3v) is 3.52. The summed E-state index contributed by atoms with van der Waals surface area (Å²) in [5.41, 5.74) is 0.495. The minimum Gasteiger partial charge on any atom is -0.481 e. The van der Waals surface area contributed by atoms with Gasteiger partial charge in [0.1, 0.15) is 5.75 Å². The zero-order chi connectivity index (χ0) is 15.1. The van der Waals surface area contributed by atoms with Gasteiger partial charge >= 0.3 is 0 Å². The molecule has 0 spiro atoms. The van der Waals surface area contributed by atoms with Crippen LogP contribution in [0.15, 0.2) is 22.7 Å². The molecule has 1 aromatic carbocycles. The van der Waals surface area contributed by atoms with Gasteiger partial charge in [0.05, 0.1) is 0 Å². The number of aldehydes is 1. The van der Waals surface area contributed by atoms with Gasteiger partial charge in [0.25, 0.3) is 5.91 Å². The maximum atomic E-state index is 11.8. The highest BCUT2D eigenvalue weighted by Crippen LogP contribution is 2.22. The number of hydrogen-bond donors (Lipinski definition) is 1. The van der Waals surface area contributed by atoms with E-state index in [-0.39, 0.29) is 5.91 Å². The largest absolute Gasteiger partial charge is 0.481 e. The van der Waals surface area contributed by atoms with Gasteiger partial charge in [-0.25, -0.2) is 0 Å². The number of carbonyl (C=O) groups is 2. The normalized spacial score (nSPS) is 12.1. The van der Waals surface area contributed by atoms with Crippen molar-refractivity contribution in [1.29, 1.82) is 0 Å². The Morgan fingerprint density at radius 3 is 2.70 bits per heavy atom. The number of carbonyl (C=O) groups excluding carboxylic acids is 2. The van der Waals surface area contributed by atoms with Crippen molar-refractivity contribution in [2.24, 2.45) is 5.92 Å². The molecule has 110 valence electrons. The van der Waals surface area contributed by atoms with Crippen molar-refractivity contribution in [2.75, 3.05) is 6.54 Å². The van der Waals surface area contributed by atoms with Crippen LogP contribution in [0, 0.1) is 5.92 Å². The van der Waals surface area contributed by atoms with Crippen LogP contribution in [0.1, 0.15) is 37.6 Å². The first-order valence-corrected chi connectivity index (χ1v) is 7.42. The summed E-state index contributed by atoms with van der Waals surface area (Å²) in [4.78, 5) is 22.7. The molecule has 0 aliphatic heterocycles. The van der Waals surface area contributed by atoms with Gasteiger partial charge in [-0.05, 0) is 37.5 Å². The van der Waals surface area contributed by atoms with Crippen molar-refractivity contribution in [3.05, 3.63) is 28.2 Å². The molecule has 0 saturated heterocycles. The Kier molecular flexibility index (Phi) is 6.71.